The predicted octanol–water partition coefficient (Wildman–Crippen LogP) is 2.96. The van der Waals surface area contributed by atoms with E-state index in [4.69, 9.17) is 0 Å². The minimum atomic E-state index is -3.24. The van der Waals surface area contributed by atoms with Gasteiger partial charge in [0, 0.05) is 11.5 Å². The van der Waals surface area contributed by atoms with Gasteiger partial charge < -0.3 is 5.11 Å². The number of fused-ring (bicyclic) bond motifs is 1. The molecule has 0 bridgehead atoms. The minimum absolute atomic E-state index is 0.101. The van der Waals surface area contributed by atoms with E-state index in [1.54, 1.807) is 32.0 Å². The highest BCUT2D eigenvalue weighted by atomic mass is 19.3. The maximum Gasteiger partial charge on any atom is 0.324 e. The molecule has 1 aromatic rings. The zero-order chi connectivity index (χ0) is 14.4. The second-order valence-corrected chi connectivity index (χ2v) is 5.11. The number of Topliss-reactive ketones (excluding diaryl/α,β-unsaturated/α-hetero) is 1. The molecule has 2 rings (SSSR count). The van der Waals surface area contributed by atoms with Crippen molar-refractivity contribution >= 4 is 11.8 Å². The highest BCUT2D eigenvalue weighted by molar-refractivity contribution is 6.17. The van der Waals surface area contributed by atoms with E-state index in [9.17, 15) is 23.5 Å². The molecule has 102 valence electrons. The molecule has 0 aromatic heterocycles. The van der Waals surface area contributed by atoms with Gasteiger partial charge in [-0.05, 0) is 11.5 Å². The molecule has 1 aliphatic rings. The summed E-state index contributed by atoms with van der Waals surface area (Å²) in [6, 6.07) is 6.16. The van der Waals surface area contributed by atoms with Crippen molar-refractivity contribution in [3.63, 3.8) is 0 Å². The Bertz CT molecular complexity index is 539. The lowest BCUT2D eigenvalue weighted by atomic mass is 9.70. The van der Waals surface area contributed by atoms with Crippen LogP contribution >= 0.6 is 0 Å². The summed E-state index contributed by atoms with van der Waals surface area (Å²) < 4.78 is 26.9. The smallest absolute Gasteiger partial charge is 0.324 e. The Morgan fingerprint density at radius 2 is 1.89 bits per heavy atom. The summed E-state index contributed by atoms with van der Waals surface area (Å²) in [6.07, 6.45) is -3.24. The van der Waals surface area contributed by atoms with E-state index in [0.29, 0.717) is 5.56 Å². The molecule has 0 amide bonds. The first kappa shape index (κ1) is 13.6. The lowest BCUT2D eigenvalue weighted by Crippen LogP contribution is -2.47. The van der Waals surface area contributed by atoms with Gasteiger partial charge in [-0.15, -0.1) is 0 Å². The number of carbonyl (C=O) groups excluding carboxylic acids is 1. The molecule has 1 aromatic carbocycles. The number of benzene rings is 1. The number of rotatable bonds is 3. The molecule has 0 saturated heterocycles. The molecular weight excluding hydrogens is 254 g/mol. The molecule has 0 saturated carbocycles. The van der Waals surface area contributed by atoms with Crippen molar-refractivity contribution in [1.29, 1.82) is 0 Å². The van der Waals surface area contributed by atoms with Crippen LogP contribution in [0.3, 0.4) is 0 Å². The minimum Gasteiger partial charge on any atom is -0.480 e. The summed E-state index contributed by atoms with van der Waals surface area (Å²) in [5.74, 6) is -4.11. The van der Waals surface area contributed by atoms with E-state index >= 15 is 0 Å². The van der Waals surface area contributed by atoms with Gasteiger partial charge in [-0.25, -0.2) is 8.78 Å². The SMILES string of the molecule is CC(C)C1c2ccccc2C(=O)C1(C(=O)O)C(F)F. The fourth-order valence-corrected chi connectivity index (χ4v) is 3.03. The zero-order valence-electron chi connectivity index (χ0n) is 10.6. The summed E-state index contributed by atoms with van der Waals surface area (Å²) >= 11 is 0. The topological polar surface area (TPSA) is 54.4 Å². The zero-order valence-corrected chi connectivity index (χ0v) is 10.6. The Labute approximate surface area is 109 Å². The lowest BCUT2D eigenvalue weighted by Gasteiger charge is -2.31. The maximum atomic E-state index is 13.5. The molecule has 2 atom stereocenters. The van der Waals surface area contributed by atoms with Crippen LogP contribution in [0.25, 0.3) is 0 Å². The van der Waals surface area contributed by atoms with Crippen molar-refractivity contribution < 1.29 is 23.5 Å². The number of hydrogen-bond donors (Lipinski definition) is 1. The first-order chi connectivity index (χ1) is 8.85. The van der Waals surface area contributed by atoms with E-state index in [0.717, 1.165) is 0 Å². The fraction of sp³-hybridized carbons (Fsp3) is 0.429. The predicted molar refractivity (Wildman–Crippen MR) is 64.4 cm³/mol. The molecule has 0 radical (unpaired) electrons. The first-order valence-corrected chi connectivity index (χ1v) is 6.00. The average molecular weight is 268 g/mol. The number of carbonyl (C=O) groups is 2. The van der Waals surface area contributed by atoms with Gasteiger partial charge >= 0.3 is 5.97 Å². The van der Waals surface area contributed by atoms with Gasteiger partial charge in [-0.1, -0.05) is 38.1 Å². The van der Waals surface area contributed by atoms with Gasteiger partial charge in [0.05, 0.1) is 0 Å². The standard InChI is InChI=1S/C14H14F2O3/c1-7(2)10-8-5-3-4-6-9(8)11(17)14(10,12(15)16)13(18)19/h3-7,10,12H,1-2H3,(H,18,19). The summed E-state index contributed by atoms with van der Waals surface area (Å²) in [7, 11) is 0. The Morgan fingerprint density at radius 1 is 1.32 bits per heavy atom. The fourth-order valence-electron chi connectivity index (χ4n) is 3.03. The summed E-state index contributed by atoms with van der Waals surface area (Å²) in [5, 5.41) is 9.30. The number of hydrogen-bond acceptors (Lipinski definition) is 2. The Hall–Kier alpha value is -1.78. The molecule has 1 aliphatic carbocycles. The summed E-state index contributed by atoms with van der Waals surface area (Å²) in [6.45, 7) is 3.31. The molecule has 19 heavy (non-hydrogen) atoms. The van der Waals surface area contributed by atoms with Crippen LogP contribution in [-0.4, -0.2) is 23.3 Å². The van der Waals surface area contributed by atoms with Gasteiger partial charge in [-0.2, -0.15) is 0 Å². The third-order valence-electron chi connectivity index (χ3n) is 3.77. The molecule has 0 spiro atoms. The van der Waals surface area contributed by atoms with Crippen LogP contribution < -0.4 is 0 Å². The van der Waals surface area contributed by atoms with Crippen LogP contribution in [-0.2, 0) is 4.79 Å². The van der Waals surface area contributed by atoms with Crippen LogP contribution in [0, 0.1) is 11.3 Å². The third kappa shape index (κ3) is 1.60. The van der Waals surface area contributed by atoms with Crippen molar-refractivity contribution in [2.24, 2.45) is 11.3 Å². The normalized spacial score (nSPS) is 26.0. The number of aliphatic carboxylic acids is 1. The van der Waals surface area contributed by atoms with Crippen LogP contribution in [0.4, 0.5) is 8.78 Å². The number of carboxylic acids is 1. The van der Waals surface area contributed by atoms with E-state index in [1.807, 2.05) is 0 Å². The Kier molecular flexibility index (Phi) is 3.16. The second kappa shape index (κ2) is 4.40. The molecule has 0 aliphatic heterocycles. The van der Waals surface area contributed by atoms with Gasteiger partial charge in [0.15, 0.2) is 11.2 Å². The van der Waals surface area contributed by atoms with Crippen LogP contribution in [0.2, 0.25) is 0 Å². The van der Waals surface area contributed by atoms with Crippen molar-refractivity contribution in [2.75, 3.05) is 0 Å². The van der Waals surface area contributed by atoms with Crippen LogP contribution in [0.1, 0.15) is 35.7 Å². The first-order valence-electron chi connectivity index (χ1n) is 6.00. The van der Waals surface area contributed by atoms with Crippen molar-refractivity contribution in [3.8, 4) is 0 Å². The quantitative estimate of drug-likeness (QED) is 0.857. The van der Waals surface area contributed by atoms with Gasteiger partial charge in [-0.3, -0.25) is 9.59 Å². The maximum absolute atomic E-state index is 13.5. The third-order valence-corrected chi connectivity index (χ3v) is 3.77. The van der Waals surface area contributed by atoms with Crippen LogP contribution in [0.5, 0.6) is 0 Å². The van der Waals surface area contributed by atoms with Crippen molar-refractivity contribution in [1.82, 2.24) is 0 Å². The molecule has 1 N–H and O–H groups in total. The highest BCUT2D eigenvalue weighted by Gasteiger charge is 2.65. The van der Waals surface area contributed by atoms with Gasteiger partial charge in [0.25, 0.3) is 6.43 Å². The average Bonchev–Trinajstić information content (AvgIpc) is 2.60. The molecule has 2 unspecified atom stereocenters. The monoisotopic (exact) mass is 268 g/mol. The number of halogens is 2. The number of alkyl halides is 2. The van der Waals surface area contributed by atoms with Gasteiger partial charge in [0.1, 0.15) is 0 Å². The van der Waals surface area contributed by atoms with E-state index < -0.39 is 29.5 Å². The molecule has 0 heterocycles. The highest BCUT2D eigenvalue weighted by Crippen LogP contribution is 2.54. The number of carboxylic acid groups (broad SMARTS) is 1. The lowest BCUT2D eigenvalue weighted by molar-refractivity contribution is -0.156. The number of ketones is 1. The van der Waals surface area contributed by atoms with Gasteiger partial charge in [0.2, 0.25) is 0 Å². The summed E-state index contributed by atoms with van der Waals surface area (Å²) in [5.41, 5.74) is -2.15. The summed E-state index contributed by atoms with van der Waals surface area (Å²) in [4.78, 5) is 23.7. The van der Waals surface area contributed by atoms with E-state index in [-0.39, 0.29) is 11.5 Å². The molecule has 5 heteroatoms. The molecule has 0 fully saturated rings. The second-order valence-electron chi connectivity index (χ2n) is 5.11. The van der Waals surface area contributed by atoms with Crippen molar-refractivity contribution in [2.45, 2.75) is 26.2 Å². The molecular formula is C14H14F2O3. The Morgan fingerprint density at radius 3 is 2.37 bits per heavy atom. The van der Waals surface area contributed by atoms with E-state index in [1.165, 1.54) is 6.07 Å². The van der Waals surface area contributed by atoms with Crippen molar-refractivity contribution in [3.05, 3.63) is 35.4 Å². The largest absolute Gasteiger partial charge is 0.480 e. The molecule has 3 nitrogen and oxygen atoms in total. The van der Waals surface area contributed by atoms with Crippen LogP contribution in [0.15, 0.2) is 24.3 Å². The Balaban J connectivity index is 2.76. The van der Waals surface area contributed by atoms with E-state index in [2.05, 4.69) is 0 Å².